The molecular weight excluding hydrogens is 268 g/mol. The highest BCUT2D eigenvalue weighted by atomic mass is 16.7. The van der Waals surface area contributed by atoms with E-state index >= 15 is 0 Å². The highest BCUT2D eigenvalue weighted by molar-refractivity contribution is 5.74. The van der Waals surface area contributed by atoms with Crippen LogP contribution in [0.15, 0.2) is 36.7 Å². The number of hydrogen-bond donors (Lipinski definition) is 2. The molecule has 0 atom stereocenters. The molecule has 2 rings (SSSR count). The molecule has 0 aromatic carbocycles. The molecule has 2 N–H and O–H groups in total. The molecular formula is C12H8N2O6. The van der Waals surface area contributed by atoms with Gasteiger partial charge in [-0.15, -0.1) is 0 Å². The van der Waals surface area contributed by atoms with Crippen molar-refractivity contribution in [1.82, 2.24) is 9.97 Å². The van der Waals surface area contributed by atoms with E-state index in [1.165, 1.54) is 36.7 Å². The van der Waals surface area contributed by atoms with Gasteiger partial charge in [-0.3, -0.25) is 9.97 Å². The third kappa shape index (κ3) is 2.99. The van der Waals surface area contributed by atoms with Crippen LogP contribution in [0.4, 0.5) is 9.59 Å². The molecule has 0 radical (unpaired) electrons. The summed E-state index contributed by atoms with van der Waals surface area (Å²) in [5, 5.41) is 17.3. The highest BCUT2D eigenvalue weighted by Gasteiger charge is 2.17. The second-order valence-corrected chi connectivity index (χ2v) is 3.44. The van der Waals surface area contributed by atoms with Crippen molar-refractivity contribution < 1.29 is 29.3 Å². The third-order valence-corrected chi connectivity index (χ3v) is 2.16. The van der Waals surface area contributed by atoms with Crippen LogP contribution in [0.2, 0.25) is 0 Å². The van der Waals surface area contributed by atoms with Gasteiger partial charge in [0.05, 0.1) is 0 Å². The summed E-state index contributed by atoms with van der Waals surface area (Å²) in [6.07, 6.45) is -0.251. The van der Waals surface area contributed by atoms with Gasteiger partial charge in [-0.2, -0.15) is 0 Å². The predicted octanol–water partition coefficient (Wildman–Crippen LogP) is 2.26. The molecule has 0 aliphatic rings. The van der Waals surface area contributed by atoms with E-state index in [1.54, 1.807) is 0 Å². The van der Waals surface area contributed by atoms with Gasteiger partial charge in [0.1, 0.15) is 11.4 Å². The molecule has 0 saturated heterocycles. The fourth-order valence-electron chi connectivity index (χ4n) is 1.49. The largest absolute Gasteiger partial charge is 0.511 e. The molecule has 8 heteroatoms. The SMILES string of the molecule is O=C(O)Oc1cccnc1-c1ncccc1OC(=O)O. The Kier molecular flexibility index (Phi) is 3.75. The maximum atomic E-state index is 10.6. The molecule has 0 saturated carbocycles. The van der Waals surface area contributed by atoms with Gasteiger partial charge in [0.2, 0.25) is 0 Å². The molecule has 102 valence electrons. The zero-order valence-corrected chi connectivity index (χ0v) is 9.89. The first-order valence-electron chi connectivity index (χ1n) is 5.30. The lowest BCUT2D eigenvalue weighted by molar-refractivity contribution is 0.142. The third-order valence-electron chi connectivity index (χ3n) is 2.16. The van der Waals surface area contributed by atoms with E-state index in [4.69, 9.17) is 10.2 Å². The van der Waals surface area contributed by atoms with E-state index in [2.05, 4.69) is 19.4 Å². The van der Waals surface area contributed by atoms with Crippen LogP contribution in [-0.4, -0.2) is 32.5 Å². The Bertz CT molecular complexity index is 600. The van der Waals surface area contributed by atoms with Crippen LogP contribution in [0.3, 0.4) is 0 Å². The number of carbonyl (C=O) groups is 2. The van der Waals surface area contributed by atoms with Crippen LogP contribution in [0.1, 0.15) is 0 Å². The minimum absolute atomic E-state index is 0.0618. The lowest BCUT2D eigenvalue weighted by Crippen LogP contribution is -2.07. The van der Waals surface area contributed by atoms with Gasteiger partial charge in [-0.1, -0.05) is 0 Å². The minimum Gasteiger partial charge on any atom is -0.449 e. The van der Waals surface area contributed by atoms with Gasteiger partial charge >= 0.3 is 12.3 Å². The van der Waals surface area contributed by atoms with E-state index in [-0.39, 0.29) is 22.9 Å². The maximum Gasteiger partial charge on any atom is 0.511 e. The summed E-state index contributed by atoms with van der Waals surface area (Å²) < 4.78 is 9.14. The van der Waals surface area contributed by atoms with Crippen LogP contribution in [0, 0.1) is 0 Å². The Balaban J connectivity index is 2.51. The molecule has 2 heterocycles. The number of rotatable bonds is 3. The highest BCUT2D eigenvalue weighted by Crippen LogP contribution is 2.32. The van der Waals surface area contributed by atoms with Gasteiger partial charge in [-0.25, -0.2) is 9.59 Å². The number of carboxylic acid groups (broad SMARTS) is 2. The predicted molar refractivity (Wildman–Crippen MR) is 64.8 cm³/mol. The average Bonchev–Trinajstić information content (AvgIpc) is 2.39. The molecule has 20 heavy (non-hydrogen) atoms. The number of hydrogen-bond acceptors (Lipinski definition) is 6. The summed E-state index contributed by atoms with van der Waals surface area (Å²) >= 11 is 0. The lowest BCUT2D eigenvalue weighted by atomic mass is 10.2. The average molecular weight is 276 g/mol. The fraction of sp³-hybridized carbons (Fsp3) is 0. The summed E-state index contributed by atoms with van der Waals surface area (Å²) in [5.74, 6) is -0.150. The van der Waals surface area contributed by atoms with Gasteiger partial charge < -0.3 is 19.7 Å². The molecule has 8 nitrogen and oxygen atoms in total. The first kappa shape index (κ1) is 13.3. The molecule has 0 bridgehead atoms. The smallest absolute Gasteiger partial charge is 0.449 e. The monoisotopic (exact) mass is 276 g/mol. The molecule has 0 fully saturated rings. The summed E-state index contributed by atoms with van der Waals surface area (Å²) in [7, 11) is 0. The molecule has 0 aliphatic carbocycles. The Labute approximate surface area is 112 Å². The van der Waals surface area contributed by atoms with E-state index in [9.17, 15) is 9.59 Å². The van der Waals surface area contributed by atoms with Gasteiger partial charge in [-0.05, 0) is 24.3 Å². The molecule has 2 aromatic heterocycles. The summed E-state index contributed by atoms with van der Waals surface area (Å²) in [6.45, 7) is 0. The standard InChI is InChI=1S/C12H8N2O6/c15-11(16)19-7-3-1-5-13-9(7)10-8(20-12(17)18)4-2-6-14-10/h1-6H,(H,15,16)(H,17,18). The summed E-state index contributed by atoms with van der Waals surface area (Å²) in [5.41, 5.74) is 0.124. The zero-order valence-electron chi connectivity index (χ0n) is 9.89. The van der Waals surface area contributed by atoms with Crippen molar-refractivity contribution in [3.63, 3.8) is 0 Å². The van der Waals surface area contributed by atoms with E-state index in [0.717, 1.165) is 0 Å². The van der Waals surface area contributed by atoms with Crippen LogP contribution in [0.25, 0.3) is 11.4 Å². The first-order chi connectivity index (χ1) is 9.58. The van der Waals surface area contributed by atoms with Crippen molar-refractivity contribution in [2.45, 2.75) is 0 Å². The summed E-state index contributed by atoms with van der Waals surface area (Å²) in [4.78, 5) is 29.1. The molecule has 0 aliphatic heterocycles. The van der Waals surface area contributed by atoms with Crippen molar-refractivity contribution in [3.05, 3.63) is 36.7 Å². The first-order valence-corrected chi connectivity index (χ1v) is 5.30. The number of nitrogens with zero attached hydrogens (tertiary/aromatic N) is 2. The Morgan fingerprint density at radius 2 is 1.25 bits per heavy atom. The Morgan fingerprint density at radius 3 is 1.60 bits per heavy atom. The second-order valence-electron chi connectivity index (χ2n) is 3.44. The van der Waals surface area contributed by atoms with E-state index in [1.807, 2.05) is 0 Å². The van der Waals surface area contributed by atoms with Crippen molar-refractivity contribution in [2.24, 2.45) is 0 Å². The van der Waals surface area contributed by atoms with Crippen LogP contribution in [0.5, 0.6) is 11.5 Å². The quantitative estimate of drug-likeness (QED) is 0.819. The number of pyridine rings is 2. The number of ether oxygens (including phenoxy) is 2. The Hall–Kier alpha value is -3.16. The topological polar surface area (TPSA) is 119 Å². The van der Waals surface area contributed by atoms with Gasteiger partial charge in [0.15, 0.2) is 11.5 Å². The van der Waals surface area contributed by atoms with E-state index in [0.29, 0.717) is 0 Å². The van der Waals surface area contributed by atoms with Crippen molar-refractivity contribution in [2.75, 3.05) is 0 Å². The summed E-state index contributed by atoms with van der Waals surface area (Å²) in [6, 6.07) is 5.69. The van der Waals surface area contributed by atoms with Crippen LogP contribution < -0.4 is 9.47 Å². The zero-order chi connectivity index (χ0) is 14.5. The van der Waals surface area contributed by atoms with Crippen LogP contribution >= 0.6 is 0 Å². The fourth-order valence-corrected chi connectivity index (χ4v) is 1.49. The molecule has 0 unspecified atom stereocenters. The molecule has 0 amide bonds. The van der Waals surface area contributed by atoms with Crippen molar-refractivity contribution >= 4 is 12.3 Å². The normalized spacial score (nSPS) is 9.80. The second kappa shape index (κ2) is 5.65. The van der Waals surface area contributed by atoms with E-state index < -0.39 is 12.3 Å². The van der Waals surface area contributed by atoms with Crippen molar-refractivity contribution in [1.29, 1.82) is 0 Å². The minimum atomic E-state index is -1.52. The molecule has 2 aromatic rings. The number of aromatic nitrogens is 2. The lowest BCUT2D eigenvalue weighted by Gasteiger charge is -2.09. The van der Waals surface area contributed by atoms with Gasteiger partial charge in [0.25, 0.3) is 0 Å². The van der Waals surface area contributed by atoms with Crippen LogP contribution in [-0.2, 0) is 0 Å². The Morgan fingerprint density at radius 1 is 0.850 bits per heavy atom. The van der Waals surface area contributed by atoms with Gasteiger partial charge in [0, 0.05) is 12.4 Å². The maximum absolute atomic E-state index is 10.6. The van der Waals surface area contributed by atoms with Crippen molar-refractivity contribution in [3.8, 4) is 22.9 Å². The molecule has 0 spiro atoms.